The van der Waals surface area contributed by atoms with E-state index in [1.54, 1.807) is 17.3 Å². The van der Waals surface area contributed by atoms with Crippen molar-refractivity contribution in [2.24, 2.45) is 5.92 Å². The molecule has 0 radical (unpaired) electrons. The van der Waals surface area contributed by atoms with Crippen LogP contribution in [-0.2, 0) is 9.53 Å². The third-order valence-electron chi connectivity index (χ3n) is 7.73. The lowest BCUT2D eigenvalue weighted by Crippen LogP contribution is -2.51. The van der Waals surface area contributed by atoms with Crippen LogP contribution in [0, 0.1) is 5.92 Å². The zero-order valence-electron chi connectivity index (χ0n) is 27.0. The molecule has 12 heteroatoms. The summed E-state index contributed by atoms with van der Waals surface area (Å²) in [6.45, 7) is 12.3. The summed E-state index contributed by atoms with van der Waals surface area (Å²) in [5, 5.41) is 8.15. The van der Waals surface area contributed by atoms with Crippen LogP contribution in [0.3, 0.4) is 0 Å². The van der Waals surface area contributed by atoms with Gasteiger partial charge >= 0.3 is 12.1 Å². The van der Waals surface area contributed by atoms with E-state index < -0.39 is 12.1 Å². The fourth-order valence-electron chi connectivity index (χ4n) is 5.19. The number of nitrogens with one attached hydrogen (secondary N) is 5. The van der Waals surface area contributed by atoms with Gasteiger partial charge in [-0.2, -0.15) is 0 Å². The third kappa shape index (κ3) is 8.40. The minimum Gasteiger partial charge on any atom is -0.453 e. The molecule has 1 fully saturated rings. The van der Waals surface area contributed by atoms with Gasteiger partial charge in [-0.3, -0.25) is 10.1 Å². The zero-order valence-corrected chi connectivity index (χ0v) is 27.0. The van der Waals surface area contributed by atoms with Crippen molar-refractivity contribution in [3.05, 3.63) is 65.9 Å². The fraction of sp³-hybridized carbons (Fsp3) is 0.424. The van der Waals surface area contributed by atoms with Gasteiger partial charge in [0.25, 0.3) is 0 Å². The highest BCUT2D eigenvalue weighted by atomic mass is 16.5. The number of ether oxygens (including phenoxy) is 1. The minimum absolute atomic E-state index is 0.0286. The summed E-state index contributed by atoms with van der Waals surface area (Å²) in [6, 6.07) is 6.97. The Labute approximate surface area is 264 Å². The van der Waals surface area contributed by atoms with Gasteiger partial charge in [0.05, 0.1) is 36.9 Å². The largest absolute Gasteiger partial charge is 0.453 e. The number of methoxy groups -OCH3 is 1. The maximum absolute atomic E-state index is 13.4. The van der Waals surface area contributed by atoms with E-state index in [2.05, 4.69) is 48.9 Å². The van der Waals surface area contributed by atoms with Crippen molar-refractivity contribution in [1.82, 2.24) is 35.5 Å². The molecule has 3 heterocycles. The number of amides is 4. The maximum atomic E-state index is 13.4. The quantitative estimate of drug-likeness (QED) is 0.179. The van der Waals surface area contributed by atoms with E-state index in [0.29, 0.717) is 12.5 Å². The van der Waals surface area contributed by atoms with E-state index in [-0.39, 0.29) is 29.9 Å². The highest BCUT2D eigenvalue weighted by Crippen LogP contribution is 2.32. The van der Waals surface area contributed by atoms with Crippen molar-refractivity contribution >= 4 is 35.1 Å². The molecule has 1 aliphatic heterocycles. The highest BCUT2D eigenvalue weighted by molar-refractivity contribution is 5.88. The van der Waals surface area contributed by atoms with Gasteiger partial charge in [0.1, 0.15) is 11.9 Å². The van der Waals surface area contributed by atoms with Crippen molar-refractivity contribution in [2.45, 2.75) is 72.5 Å². The number of carbonyl (C=O) groups excluding carboxylic acids is 3. The molecule has 0 aliphatic carbocycles. The zero-order chi connectivity index (χ0) is 32.7. The molecule has 5 N–H and O–H groups in total. The number of aromatic amines is 2. The Balaban J connectivity index is 1.41. The van der Waals surface area contributed by atoms with E-state index >= 15 is 0 Å². The van der Waals surface area contributed by atoms with Crippen LogP contribution in [0.5, 0.6) is 0 Å². The SMILES string of the molecule is COC(=O)NC(C(=O)N1CCCC1c1ncc(/C(C)=C/C=C(\C)c2ccc(-c3cnc(NC(=O)NC(C)C)[nH]3)cc2)[nH]1)C(C)C. The molecule has 0 bridgehead atoms. The summed E-state index contributed by atoms with van der Waals surface area (Å²) in [6.07, 6.45) is 8.63. The number of likely N-dealkylation sites (tertiary alicyclic amines) is 1. The van der Waals surface area contributed by atoms with Gasteiger partial charge in [0, 0.05) is 12.6 Å². The predicted molar refractivity (Wildman–Crippen MR) is 175 cm³/mol. The third-order valence-corrected chi connectivity index (χ3v) is 7.73. The Hall–Kier alpha value is -4.87. The molecule has 3 aromatic rings. The molecule has 0 spiro atoms. The number of anilines is 1. The molecule has 240 valence electrons. The highest BCUT2D eigenvalue weighted by Gasteiger charge is 2.37. The lowest BCUT2D eigenvalue weighted by molar-refractivity contribution is -0.135. The molecule has 1 aliphatic rings. The molecule has 4 rings (SSSR count). The summed E-state index contributed by atoms with van der Waals surface area (Å²) in [5.41, 5.74) is 5.80. The maximum Gasteiger partial charge on any atom is 0.407 e. The van der Waals surface area contributed by atoms with Crippen molar-refractivity contribution in [2.75, 3.05) is 19.0 Å². The first-order valence-corrected chi connectivity index (χ1v) is 15.3. The number of imidazole rings is 2. The van der Waals surface area contributed by atoms with Crippen molar-refractivity contribution in [1.29, 1.82) is 0 Å². The molecular formula is C33H44N8O4. The average Bonchev–Trinajstić information content (AvgIpc) is 3.78. The van der Waals surface area contributed by atoms with Crippen LogP contribution in [0.1, 0.15) is 77.5 Å². The lowest BCUT2D eigenvalue weighted by Gasteiger charge is -2.30. The number of urea groups is 1. The van der Waals surface area contributed by atoms with Crippen LogP contribution in [0.15, 0.2) is 48.8 Å². The van der Waals surface area contributed by atoms with E-state index in [4.69, 9.17) is 4.74 Å². The van der Waals surface area contributed by atoms with Crippen LogP contribution < -0.4 is 16.0 Å². The van der Waals surface area contributed by atoms with Gasteiger partial charge in [-0.15, -0.1) is 0 Å². The van der Waals surface area contributed by atoms with Gasteiger partial charge in [-0.25, -0.2) is 19.6 Å². The smallest absolute Gasteiger partial charge is 0.407 e. The Bertz CT molecular complexity index is 1550. The summed E-state index contributed by atoms with van der Waals surface area (Å²) in [5.74, 6) is 0.893. The molecule has 1 aromatic carbocycles. The number of benzene rings is 1. The number of H-pyrrole nitrogens is 2. The summed E-state index contributed by atoms with van der Waals surface area (Å²) in [7, 11) is 1.29. The van der Waals surface area contributed by atoms with Gasteiger partial charge in [-0.05, 0) is 68.7 Å². The molecule has 4 amide bonds. The predicted octanol–water partition coefficient (Wildman–Crippen LogP) is 5.88. The second-order valence-electron chi connectivity index (χ2n) is 11.9. The van der Waals surface area contributed by atoms with Crippen molar-refractivity contribution in [3.63, 3.8) is 0 Å². The van der Waals surface area contributed by atoms with Crippen LogP contribution in [0.25, 0.3) is 22.4 Å². The summed E-state index contributed by atoms with van der Waals surface area (Å²) >= 11 is 0. The van der Waals surface area contributed by atoms with E-state index in [9.17, 15) is 14.4 Å². The minimum atomic E-state index is -0.673. The number of alkyl carbamates (subject to hydrolysis) is 1. The summed E-state index contributed by atoms with van der Waals surface area (Å²) in [4.78, 5) is 54.4. The van der Waals surface area contributed by atoms with E-state index in [0.717, 1.165) is 52.3 Å². The first-order valence-electron chi connectivity index (χ1n) is 15.3. The Morgan fingerprint density at radius 1 is 0.978 bits per heavy atom. The molecular weight excluding hydrogens is 572 g/mol. The lowest BCUT2D eigenvalue weighted by atomic mass is 10.0. The molecule has 2 atom stereocenters. The first-order chi connectivity index (χ1) is 21.5. The van der Waals surface area contributed by atoms with Crippen LogP contribution >= 0.6 is 0 Å². The van der Waals surface area contributed by atoms with Gasteiger partial charge < -0.3 is 30.2 Å². The first kappa shape index (κ1) is 33.0. The van der Waals surface area contributed by atoms with Crippen LogP contribution in [0.2, 0.25) is 0 Å². The number of hydrogen-bond donors (Lipinski definition) is 5. The number of aromatic nitrogens is 4. The second kappa shape index (κ2) is 14.7. The number of allylic oxidation sites excluding steroid dienone is 4. The topological polar surface area (TPSA) is 157 Å². The van der Waals surface area contributed by atoms with E-state index in [1.165, 1.54) is 7.11 Å². The Morgan fingerprint density at radius 2 is 1.69 bits per heavy atom. The van der Waals surface area contributed by atoms with Crippen LogP contribution in [-0.4, -0.2) is 68.6 Å². The number of rotatable bonds is 10. The molecule has 0 saturated carbocycles. The van der Waals surface area contributed by atoms with E-state index in [1.807, 2.05) is 65.0 Å². The van der Waals surface area contributed by atoms with Gasteiger partial charge in [-0.1, -0.05) is 50.3 Å². The monoisotopic (exact) mass is 616 g/mol. The fourth-order valence-corrected chi connectivity index (χ4v) is 5.19. The number of carbonyl (C=O) groups is 3. The van der Waals surface area contributed by atoms with Gasteiger partial charge in [0.15, 0.2) is 0 Å². The molecule has 2 unspecified atom stereocenters. The van der Waals surface area contributed by atoms with Gasteiger partial charge in [0.2, 0.25) is 11.9 Å². The number of hydrogen-bond acceptors (Lipinski definition) is 6. The molecule has 2 aromatic heterocycles. The second-order valence-corrected chi connectivity index (χ2v) is 11.9. The van der Waals surface area contributed by atoms with Crippen molar-refractivity contribution < 1.29 is 19.1 Å². The molecule has 1 saturated heterocycles. The Kier molecular flexibility index (Phi) is 10.8. The molecule has 45 heavy (non-hydrogen) atoms. The summed E-state index contributed by atoms with van der Waals surface area (Å²) < 4.78 is 4.73. The Morgan fingerprint density at radius 3 is 2.36 bits per heavy atom. The standard InChI is InChI=1S/C33H44N8O4/c1-19(2)28(39-33(44)45-7)30(42)41-16-8-9-27(41)29-34-17-25(37-29)22(6)11-10-21(5)23-12-14-24(15-13-23)26-18-35-31(38-26)40-32(43)36-20(3)4/h10-15,17-20,27-28H,8-9,16H2,1-7H3,(H,34,37)(H,39,44)(H3,35,36,38,40,43)/b21-10+,22-11+. The normalized spacial score (nSPS) is 16.2. The number of nitrogens with zero attached hydrogens (tertiary/aromatic N) is 3. The molecule has 12 nitrogen and oxygen atoms in total. The van der Waals surface area contributed by atoms with Crippen molar-refractivity contribution in [3.8, 4) is 11.3 Å². The van der Waals surface area contributed by atoms with Crippen LogP contribution in [0.4, 0.5) is 15.5 Å². The average molecular weight is 617 g/mol.